The maximum absolute atomic E-state index is 12.9. The van der Waals surface area contributed by atoms with Crippen molar-refractivity contribution < 1.29 is 19.4 Å². The first-order valence-corrected chi connectivity index (χ1v) is 15.2. The third-order valence-electron chi connectivity index (χ3n) is 6.99. The second-order valence-electron chi connectivity index (χ2n) is 10.2. The standard InChI is InChI=1S/C35H32N2O4S2/c38-33(39)24-37-34(40)32(43-35(37)42)21-29-16-17-31(41-25-28-14-8-3-9-15-28)30(20-29)23-36(22-27-12-6-2-7-13-27)19-18-26-10-4-1-5-11-26/h1-17,20-21H,18-19,22-25H2,(H,38,39). The van der Waals surface area contributed by atoms with Crippen LogP contribution in [0.5, 0.6) is 5.75 Å². The molecule has 0 aromatic heterocycles. The van der Waals surface area contributed by atoms with Crippen molar-refractivity contribution in [2.24, 2.45) is 0 Å². The van der Waals surface area contributed by atoms with Gasteiger partial charge in [0.15, 0.2) is 0 Å². The molecule has 6 nitrogen and oxygen atoms in total. The van der Waals surface area contributed by atoms with Crippen molar-refractivity contribution in [2.45, 2.75) is 26.1 Å². The highest BCUT2D eigenvalue weighted by Gasteiger charge is 2.33. The van der Waals surface area contributed by atoms with Gasteiger partial charge in [-0.2, -0.15) is 0 Å². The molecule has 5 rings (SSSR count). The van der Waals surface area contributed by atoms with Gasteiger partial charge >= 0.3 is 5.97 Å². The average molecular weight is 609 g/mol. The lowest BCUT2D eigenvalue weighted by atomic mass is 10.1. The topological polar surface area (TPSA) is 70.1 Å². The summed E-state index contributed by atoms with van der Waals surface area (Å²) in [6, 6.07) is 36.8. The average Bonchev–Trinajstić information content (AvgIpc) is 3.27. The lowest BCUT2D eigenvalue weighted by molar-refractivity contribution is -0.140. The Hall–Kier alpha value is -4.24. The lowest BCUT2D eigenvalue weighted by Gasteiger charge is -2.24. The number of rotatable bonds is 13. The molecule has 1 aliphatic heterocycles. The Balaban J connectivity index is 1.43. The number of benzene rings is 4. The van der Waals surface area contributed by atoms with Gasteiger partial charge < -0.3 is 9.84 Å². The summed E-state index contributed by atoms with van der Waals surface area (Å²) in [7, 11) is 0. The number of thioether (sulfide) groups is 1. The molecule has 0 radical (unpaired) electrons. The number of amides is 1. The van der Waals surface area contributed by atoms with Gasteiger partial charge in [-0.05, 0) is 46.9 Å². The van der Waals surface area contributed by atoms with E-state index in [0.717, 1.165) is 58.6 Å². The molecular formula is C35H32N2O4S2. The molecule has 1 amide bonds. The number of aliphatic carboxylic acids is 1. The molecule has 1 N–H and O–H groups in total. The number of carbonyl (C=O) groups excluding carboxylic acids is 1. The Kier molecular flexibility index (Phi) is 10.4. The fraction of sp³-hybridized carbons (Fsp3) is 0.171. The lowest BCUT2D eigenvalue weighted by Crippen LogP contribution is -2.33. The van der Waals surface area contributed by atoms with Gasteiger partial charge in [-0.3, -0.25) is 19.4 Å². The summed E-state index contributed by atoms with van der Waals surface area (Å²) in [5, 5.41) is 9.19. The Labute approximate surface area is 261 Å². The molecule has 1 fully saturated rings. The van der Waals surface area contributed by atoms with Gasteiger partial charge in [-0.15, -0.1) is 0 Å². The van der Waals surface area contributed by atoms with Gasteiger partial charge in [0, 0.05) is 25.2 Å². The zero-order valence-corrected chi connectivity index (χ0v) is 25.2. The second-order valence-corrected chi connectivity index (χ2v) is 11.9. The number of hydrogen-bond donors (Lipinski definition) is 1. The molecule has 8 heteroatoms. The van der Waals surface area contributed by atoms with E-state index in [1.54, 1.807) is 6.08 Å². The summed E-state index contributed by atoms with van der Waals surface area (Å²) in [6.07, 6.45) is 2.68. The molecule has 0 unspecified atom stereocenters. The third-order valence-corrected chi connectivity index (χ3v) is 8.37. The van der Waals surface area contributed by atoms with Crippen molar-refractivity contribution >= 4 is 46.3 Å². The summed E-state index contributed by atoms with van der Waals surface area (Å²) < 4.78 is 6.59. The quantitative estimate of drug-likeness (QED) is 0.132. The van der Waals surface area contributed by atoms with Crippen LogP contribution in [0.1, 0.15) is 27.8 Å². The first-order chi connectivity index (χ1) is 20.9. The molecule has 4 aromatic rings. The van der Waals surface area contributed by atoms with E-state index >= 15 is 0 Å². The number of nitrogens with zero attached hydrogens (tertiary/aromatic N) is 2. The highest BCUT2D eigenvalue weighted by atomic mass is 32.2. The van der Waals surface area contributed by atoms with Crippen molar-refractivity contribution in [3.05, 3.63) is 142 Å². The summed E-state index contributed by atoms with van der Waals surface area (Å²) in [5.41, 5.74) is 5.39. The van der Waals surface area contributed by atoms with Crippen LogP contribution in [0.3, 0.4) is 0 Å². The number of carboxylic acid groups (broad SMARTS) is 1. The Morgan fingerprint density at radius 1 is 0.860 bits per heavy atom. The van der Waals surface area contributed by atoms with Crippen molar-refractivity contribution in [2.75, 3.05) is 13.1 Å². The first-order valence-electron chi connectivity index (χ1n) is 14.0. The van der Waals surface area contributed by atoms with E-state index in [0.29, 0.717) is 18.1 Å². The predicted molar refractivity (Wildman–Crippen MR) is 175 cm³/mol. The Morgan fingerprint density at radius 3 is 2.14 bits per heavy atom. The van der Waals surface area contributed by atoms with E-state index in [1.807, 2.05) is 60.7 Å². The zero-order chi connectivity index (χ0) is 30.0. The van der Waals surface area contributed by atoms with Gasteiger partial charge in [0.1, 0.15) is 23.2 Å². The van der Waals surface area contributed by atoms with Gasteiger partial charge in [-0.1, -0.05) is 121 Å². The van der Waals surface area contributed by atoms with Gasteiger partial charge in [-0.25, -0.2) is 0 Å². The van der Waals surface area contributed by atoms with E-state index in [9.17, 15) is 14.7 Å². The van der Waals surface area contributed by atoms with Crippen molar-refractivity contribution in [3.8, 4) is 5.75 Å². The van der Waals surface area contributed by atoms with Crippen molar-refractivity contribution in [1.29, 1.82) is 0 Å². The summed E-state index contributed by atoms with van der Waals surface area (Å²) >= 11 is 6.40. The fourth-order valence-corrected chi connectivity index (χ4v) is 6.10. The van der Waals surface area contributed by atoms with Crippen LogP contribution in [0.2, 0.25) is 0 Å². The molecule has 4 aromatic carbocycles. The molecular weight excluding hydrogens is 577 g/mol. The molecule has 0 bridgehead atoms. The van der Waals surface area contributed by atoms with Crippen LogP contribution >= 0.6 is 24.0 Å². The predicted octanol–water partition coefficient (Wildman–Crippen LogP) is 6.80. The maximum Gasteiger partial charge on any atom is 0.323 e. The van der Waals surface area contributed by atoms with E-state index in [-0.39, 0.29) is 4.32 Å². The van der Waals surface area contributed by atoms with Gasteiger partial charge in [0.05, 0.1) is 4.91 Å². The minimum absolute atomic E-state index is 0.247. The molecule has 43 heavy (non-hydrogen) atoms. The molecule has 0 spiro atoms. The normalized spacial score (nSPS) is 14.1. The SMILES string of the molecule is O=C(O)CN1C(=O)C(=Cc2ccc(OCc3ccccc3)c(CN(CCc3ccccc3)Cc3ccccc3)c2)SC1=S. The Bertz CT molecular complexity index is 1590. The van der Waals surface area contributed by atoms with Crippen LogP contribution in [0.25, 0.3) is 6.08 Å². The largest absolute Gasteiger partial charge is 0.489 e. The van der Waals surface area contributed by atoms with Crippen LogP contribution in [-0.4, -0.2) is 44.2 Å². The highest BCUT2D eigenvalue weighted by molar-refractivity contribution is 8.26. The monoisotopic (exact) mass is 608 g/mol. The Morgan fingerprint density at radius 2 is 1.49 bits per heavy atom. The molecule has 1 aliphatic rings. The number of thiocarbonyl (C=S) groups is 1. The van der Waals surface area contributed by atoms with Crippen molar-refractivity contribution in [1.82, 2.24) is 9.80 Å². The van der Waals surface area contributed by atoms with Crippen LogP contribution in [-0.2, 0) is 35.7 Å². The zero-order valence-electron chi connectivity index (χ0n) is 23.6. The van der Waals surface area contributed by atoms with Crippen LogP contribution in [0.15, 0.2) is 114 Å². The van der Waals surface area contributed by atoms with Gasteiger partial charge in [0.25, 0.3) is 5.91 Å². The van der Waals surface area contributed by atoms with Crippen LogP contribution < -0.4 is 4.74 Å². The molecule has 0 atom stereocenters. The van der Waals surface area contributed by atoms with Crippen LogP contribution in [0.4, 0.5) is 0 Å². The second kappa shape index (κ2) is 14.8. The van der Waals surface area contributed by atoms with E-state index in [1.165, 1.54) is 11.1 Å². The molecule has 1 heterocycles. The third kappa shape index (κ3) is 8.64. The molecule has 0 aliphatic carbocycles. The number of hydrogen-bond acceptors (Lipinski definition) is 6. The molecule has 1 saturated heterocycles. The molecule has 218 valence electrons. The summed E-state index contributed by atoms with van der Waals surface area (Å²) in [5.74, 6) is -0.720. The van der Waals surface area contributed by atoms with Gasteiger partial charge in [0.2, 0.25) is 0 Å². The minimum atomic E-state index is -1.10. The highest BCUT2D eigenvalue weighted by Crippen LogP contribution is 2.33. The number of carboxylic acids is 1. The minimum Gasteiger partial charge on any atom is -0.489 e. The number of carbonyl (C=O) groups is 2. The number of ether oxygens (including phenoxy) is 1. The van der Waals surface area contributed by atoms with Crippen LogP contribution in [0, 0.1) is 0 Å². The van der Waals surface area contributed by atoms with E-state index in [2.05, 4.69) is 53.4 Å². The van der Waals surface area contributed by atoms with E-state index < -0.39 is 18.4 Å². The first kappa shape index (κ1) is 30.2. The summed E-state index contributed by atoms with van der Waals surface area (Å²) in [4.78, 5) is 28.1. The fourth-order valence-electron chi connectivity index (χ4n) is 4.84. The molecule has 0 saturated carbocycles. The van der Waals surface area contributed by atoms with E-state index in [4.69, 9.17) is 17.0 Å². The summed E-state index contributed by atoms with van der Waals surface area (Å²) in [6.45, 7) is 2.23. The smallest absolute Gasteiger partial charge is 0.323 e. The maximum atomic E-state index is 12.9. The van der Waals surface area contributed by atoms with Crippen molar-refractivity contribution in [3.63, 3.8) is 0 Å².